The van der Waals surface area contributed by atoms with Gasteiger partial charge in [0.05, 0.1) is 33.5 Å². The summed E-state index contributed by atoms with van der Waals surface area (Å²) in [4.78, 5) is 20.5. The molecule has 0 atom stereocenters. The summed E-state index contributed by atoms with van der Waals surface area (Å²) in [5.74, 6) is 1.83. The fourth-order valence-corrected chi connectivity index (χ4v) is 8.92. The van der Waals surface area contributed by atoms with Crippen LogP contribution in [0.5, 0.6) is 0 Å². The Morgan fingerprint density at radius 2 is 0.694 bits per heavy atom. The molecule has 290 valence electrons. The summed E-state index contributed by atoms with van der Waals surface area (Å²) in [6.07, 6.45) is 0. The highest BCUT2D eigenvalue weighted by Crippen LogP contribution is 2.42. The normalized spacial score (nSPS) is 11.5. The van der Waals surface area contributed by atoms with Gasteiger partial charge in [-0.05, 0) is 59.7 Å². The number of hydrogen-bond acceptors (Lipinski definition) is 4. The van der Waals surface area contributed by atoms with Gasteiger partial charge >= 0.3 is 0 Å². The molecule has 62 heavy (non-hydrogen) atoms. The maximum atomic E-state index is 5.18. The highest BCUT2D eigenvalue weighted by molar-refractivity contribution is 6.28. The third-order valence-electron chi connectivity index (χ3n) is 11.8. The zero-order chi connectivity index (χ0) is 41.0. The second-order valence-corrected chi connectivity index (χ2v) is 15.5. The summed E-state index contributed by atoms with van der Waals surface area (Å²) in [6, 6.07) is 76.2. The van der Waals surface area contributed by atoms with E-state index in [2.05, 4.69) is 155 Å². The van der Waals surface area contributed by atoms with Gasteiger partial charge in [0.25, 0.3) is 0 Å². The Kier molecular flexibility index (Phi) is 8.38. The summed E-state index contributed by atoms with van der Waals surface area (Å²) >= 11 is 0. The molecule has 6 nitrogen and oxygen atoms in total. The van der Waals surface area contributed by atoms with E-state index in [1.807, 2.05) is 72.8 Å². The summed E-state index contributed by atoms with van der Waals surface area (Å²) in [5.41, 5.74) is 13.6. The number of nitrogens with zero attached hydrogens (tertiary/aromatic N) is 6. The van der Waals surface area contributed by atoms with E-state index in [4.69, 9.17) is 19.9 Å². The smallest absolute Gasteiger partial charge is 0.238 e. The Labute approximate surface area is 357 Å². The van der Waals surface area contributed by atoms with Crippen molar-refractivity contribution in [2.75, 3.05) is 0 Å². The standard InChI is InChI=1S/C56H36N6/c1-5-17-38(18-6-1)46-35-42(36-47(57-46)39-19-7-2-8-20-39)37-29-31-43(32-30-37)61-48-27-15-13-25-44(48)52-50(61)33-34-51-53(52)45-26-14-16-28-49(45)62(51)56-59-54(40-21-9-3-10-22-40)58-55(60-56)41-23-11-4-12-24-41/h1-36H. The van der Waals surface area contributed by atoms with Crippen LogP contribution in [-0.4, -0.2) is 29.1 Å². The number of fused-ring (bicyclic) bond motifs is 7. The summed E-state index contributed by atoms with van der Waals surface area (Å²) in [7, 11) is 0. The van der Waals surface area contributed by atoms with E-state index in [1.54, 1.807) is 0 Å². The number of pyridine rings is 1. The number of benzene rings is 8. The molecule has 0 aliphatic carbocycles. The molecule has 6 heteroatoms. The summed E-state index contributed by atoms with van der Waals surface area (Å²) in [6.45, 7) is 0. The fraction of sp³-hybridized carbons (Fsp3) is 0. The zero-order valence-corrected chi connectivity index (χ0v) is 33.5. The van der Waals surface area contributed by atoms with E-state index >= 15 is 0 Å². The van der Waals surface area contributed by atoms with Crippen LogP contribution < -0.4 is 0 Å². The Bertz CT molecular complexity index is 3480. The molecule has 0 aliphatic rings. The molecule has 12 aromatic rings. The average Bonchev–Trinajstić information content (AvgIpc) is 3.88. The van der Waals surface area contributed by atoms with Crippen molar-refractivity contribution in [2.24, 2.45) is 0 Å². The van der Waals surface area contributed by atoms with Crippen LogP contribution >= 0.6 is 0 Å². The molecule has 0 unspecified atom stereocenters. The van der Waals surface area contributed by atoms with E-state index < -0.39 is 0 Å². The molecule has 0 aliphatic heterocycles. The van der Waals surface area contributed by atoms with Gasteiger partial charge in [-0.3, -0.25) is 4.57 Å². The molecular formula is C56H36N6. The summed E-state index contributed by atoms with van der Waals surface area (Å²) < 4.78 is 4.59. The molecule has 4 heterocycles. The Hall–Kier alpha value is -8.48. The number of rotatable bonds is 7. The van der Waals surface area contributed by atoms with Gasteiger partial charge in [0.2, 0.25) is 5.95 Å². The van der Waals surface area contributed by atoms with E-state index in [-0.39, 0.29) is 0 Å². The molecule has 0 amide bonds. The predicted molar refractivity (Wildman–Crippen MR) is 253 cm³/mol. The minimum atomic E-state index is 0.574. The molecular weight excluding hydrogens is 757 g/mol. The van der Waals surface area contributed by atoms with Gasteiger partial charge in [-0.25, -0.2) is 9.97 Å². The van der Waals surface area contributed by atoms with Gasteiger partial charge in [0.1, 0.15) is 0 Å². The lowest BCUT2D eigenvalue weighted by Gasteiger charge is -2.12. The molecule has 0 bridgehead atoms. The SMILES string of the molecule is c1ccc(-c2cc(-c3ccc(-n4c5ccccc5c5c6c7ccccc7n(-c7nc(-c8ccccc8)nc(-c8ccccc8)n7)c6ccc54)cc3)cc(-c3ccccc3)n2)cc1. The van der Waals surface area contributed by atoms with Crippen molar-refractivity contribution in [3.05, 3.63) is 218 Å². The maximum Gasteiger partial charge on any atom is 0.238 e. The average molecular weight is 793 g/mol. The van der Waals surface area contributed by atoms with Gasteiger partial charge in [-0.2, -0.15) is 9.97 Å². The second kappa shape index (κ2) is 14.7. The van der Waals surface area contributed by atoms with Gasteiger partial charge < -0.3 is 4.57 Å². The molecule has 0 radical (unpaired) electrons. The quantitative estimate of drug-likeness (QED) is 0.161. The predicted octanol–water partition coefficient (Wildman–Crippen LogP) is 13.8. The van der Waals surface area contributed by atoms with Crippen molar-refractivity contribution in [2.45, 2.75) is 0 Å². The Morgan fingerprint density at radius 1 is 0.274 bits per heavy atom. The third kappa shape index (κ3) is 5.96. The van der Waals surface area contributed by atoms with Gasteiger partial charge in [0.15, 0.2) is 11.6 Å². The van der Waals surface area contributed by atoms with Crippen LogP contribution in [0.1, 0.15) is 0 Å². The second-order valence-electron chi connectivity index (χ2n) is 15.5. The highest BCUT2D eigenvalue weighted by atomic mass is 15.2. The first kappa shape index (κ1) is 35.5. The third-order valence-corrected chi connectivity index (χ3v) is 11.8. The summed E-state index contributed by atoms with van der Waals surface area (Å²) in [5, 5.41) is 4.66. The minimum Gasteiger partial charge on any atom is -0.309 e. The maximum absolute atomic E-state index is 5.18. The lowest BCUT2D eigenvalue weighted by molar-refractivity contribution is 0.953. The van der Waals surface area contributed by atoms with Gasteiger partial charge in [-0.1, -0.05) is 170 Å². The molecule has 8 aromatic carbocycles. The molecule has 12 rings (SSSR count). The molecule has 0 saturated heterocycles. The van der Waals surface area contributed by atoms with Crippen molar-refractivity contribution in [1.82, 2.24) is 29.1 Å². The zero-order valence-electron chi connectivity index (χ0n) is 33.5. The van der Waals surface area contributed by atoms with E-state index in [0.717, 1.165) is 83.3 Å². The van der Waals surface area contributed by atoms with Crippen molar-refractivity contribution in [3.8, 4) is 68.1 Å². The largest absolute Gasteiger partial charge is 0.309 e. The molecule has 0 N–H and O–H groups in total. The number of para-hydroxylation sites is 2. The topological polar surface area (TPSA) is 61.4 Å². The lowest BCUT2D eigenvalue weighted by atomic mass is 10.00. The fourth-order valence-electron chi connectivity index (χ4n) is 8.92. The monoisotopic (exact) mass is 792 g/mol. The first-order valence-electron chi connectivity index (χ1n) is 20.8. The van der Waals surface area contributed by atoms with Crippen molar-refractivity contribution >= 4 is 43.6 Å². The van der Waals surface area contributed by atoms with Crippen LogP contribution in [0.3, 0.4) is 0 Å². The number of hydrogen-bond donors (Lipinski definition) is 0. The van der Waals surface area contributed by atoms with E-state index in [0.29, 0.717) is 17.6 Å². The van der Waals surface area contributed by atoms with Gasteiger partial charge in [0, 0.05) is 49.5 Å². The molecule has 0 spiro atoms. The minimum absolute atomic E-state index is 0.574. The molecule has 4 aromatic heterocycles. The number of aromatic nitrogens is 6. The molecule has 0 saturated carbocycles. The van der Waals surface area contributed by atoms with Crippen LogP contribution in [-0.2, 0) is 0 Å². The van der Waals surface area contributed by atoms with Crippen LogP contribution in [0.2, 0.25) is 0 Å². The first-order valence-corrected chi connectivity index (χ1v) is 20.8. The van der Waals surface area contributed by atoms with Crippen molar-refractivity contribution in [3.63, 3.8) is 0 Å². The highest BCUT2D eigenvalue weighted by Gasteiger charge is 2.23. The Balaban J connectivity index is 1.04. The van der Waals surface area contributed by atoms with Crippen molar-refractivity contribution < 1.29 is 0 Å². The van der Waals surface area contributed by atoms with Crippen LogP contribution in [0.15, 0.2) is 218 Å². The van der Waals surface area contributed by atoms with Gasteiger partial charge in [-0.15, -0.1) is 0 Å². The molecule has 0 fully saturated rings. The van der Waals surface area contributed by atoms with Crippen LogP contribution in [0.4, 0.5) is 0 Å². The van der Waals surface area contributed by atoms with E-state index in [9.17, 15) is 0 Å². The van der Waals surface area contributed by atoms with Crippen molar-refractivity contribution in [1.29, 1.82) is 0 Å². The van der Waals surface area contributed by atoms with E-state index in [1.165, 1.54) is 10.8 Å². The first-order chi connectivity index (χ1) is 30.7. The lowest BCUT2D eigenvalue weighted by Crippen LogP contribution is -2.06. The van der Waals surface area contributed by atoms with Crippen LogP contribution in [0.25, 0.3) is 112 Å². The Morgan fingerprint density at radius 3 is 1.19 bits per heavy atom. The van der Waals surface area contributed by atoms with Crippen LogP contribution in [0, 0.1) is 0 Å².